The zero-order chi connectivity index (χ0) is 12.3. The molecule has 17 heavy (non-hydrogen) atoms. The highest BCUT2D eigenvalue weighted by Crippen LogP contribution is 2.12. The van der Waals surface area contributed by atoms with Crippen molar-refractivity contribution in [2.45, 2.75) is 13.3 Å². The highest BCUT2D eigenvalue weighted by molar-refractivity contribution is 5.91. The van der Waals surface area contributed by atoms with E-state index in [4.69, 9.17) is 0 Å². The molecule has 1 amide bonds. The summed E-state index contributed by atoms with van der Waals surface area (Å²) in [7, 11) is 0. The first-order valence-electron chi connectivity index (χ1n) is 5.23. The molecule has 1 aromatic heterocycles. The standard InChI is InChI=1S/C12H13N3O2/c1-8-5-11(15-14-8)13-12(17)7-9-3-2-4-10(16)6-9/h2-6,16H,7H2,1H3,(H2,13,14,15,17). The predicted octanol–water partition coefficient (Wildman–Crippen LogP) is 1.60. The Morgan fingerprint density at radius 1 is 1.47 bits per heavy atom. The van der Waals surface area contributed by atoms with Gasteiger partial charge in [0.1, 0.15) is 5.75 Å². The number of H-pyrrole nitrogens is 1. The van der Waals surface area contributed by atoms with Crippen molar-refractivity contribution in [1.29, 1.82) is 0 Å². The quantitative estimate of drug-likeness (QED) is 0.750. The highest BCUT2D eigenvalue weighted by Gasteiger charge is 2.06. The van der Waals surface area contributed by atoms with Crippen molar-refractivity contribution in [3.05, 3.63) is 41.6 Å². The SMILES string of the molecule is Cc1cc(NC(=O)Cc2cccc(O)c2)n[nH]1. The molecule has 0 saturated carbocycles. The molecule has 0 bridgehead atoms. The fraction of sp³-hybridized carbons (Fsp3) is 0.167. The number of nitrogens with zero attached hydrogens (tertiary/aromatic N) is 1. The molecule has 1 heterocycles. The third-order valence-electron chi connectivity index (χ3n) is 2.25. The lowest BCUT2D eigenvalue weighted by Crippen LogP contribution is -2.14. The van der Waals surface area contributed by atoms with E-state index in [1.165, 1.54) is 0 Å². The maximum absolute atomic E-state index is 11.7. The van der Waals surface area contributed by atoms with E-state index in [0.717, 1.165) is 11.3 Å². The van der Waals surface area contributed by atoms with E-state index in [1.807, 2.05) is 6.92 Å². The van der Waals surface area contributed by atoms with Crippen LogP contribution in [-0.4, -0.2) is 21.2 Å². The monoisotopic (exact) mass is 231 g/mol. The first kappa shape index (κ1) is 11.2. The summed E-state index contributed by atoms with van der Waals surface area (Å²) in [5.41, 5.74) is 1.65. The number of rotatable bonds is 3. The number of hydrogen-bond donors (Lipinski definition) is 3. The van der Waals surface area contributed by atoms with Gasteiger partial charge in [0.2, 0.25) is 5.91 Å². The first-order valence-corrected chi connectivity index (χ1v) is 5.23. The topological polar surface area (TPSA) is 78.0 Å². The predicted molar refractivity (Wildman–Crippen MR) is 63.8 cm³/mol. The summed E-state index contributed by atoms with van der Waals surface area (Å²) in [5.74, 6) is 0.501. The van der Waals surface area contributed by atoms with Gasteiger partial charge < -0.3 is 10.4 Å². The summed E-state index contributed by atoms with van der Waals surface area (Å²) in [5, 5.41) is 18.6. The lowest BCUT2D eigenvalue weighted by molar-refractivity contribution is -0.115. The molecule has 2 aromatic rings. The fourth-order valence-electron chi connectivity index (χ4n) is 1.52. The van der Waals surface area contributed by atoms with Crippen LogP contribution >= 0.6 is 0 Å². The van der Waals surface area contributed by atoms with E-state index in [0.29, 0.717) is 5.82 Å². The first-order chi connectivity index (χ1) is 8.13. The molecule has 3 N–H and O–H groups in total. The number of benzene rings is 1. The average Bonchev–Trinajstić information content (AvgIpc) is 2.63. The number of aryl methyl sites for hydroxylation is 1. The van der Waals surface area contributed by atoms with Crippen LogP contribution in [0.4, 0.5) is 5.82 Å². The molecule has 0 fully saturated rings. The van der Waals surface area contributed by atoms with Crippen molar-refractivity contribution < 1.29 is 9.90 Å². The van der Waals surface area contributed by atoms with Crippen molar-refractivity contribution in [2.75, 3.05) is 5.32 Å². The molecule has 5 heteroatoms. The largest absolute Gasteiger partial charge is 0.508 e. The van der Waals surface area contributed by atoms with Crippen LogP contribution in [0.25, 0.3) is 0 Å². The Hall–Kier alpha value is -2.30. The molecule has 0 unspecified atom stereocenters. The third-order valence-corrected chi connectivity index (χ3v) is 2.25. The van der Waals surface area contributed by atoms with Gasteiger partial charge in [-0.2, -0.15) is 5.10 Å². The van der Waals surface area contributed by atoms with Crippen LogP contribution in [0.5, 0.6) is 5.75 Å². The zero-order valence-electron chi connectivity index (χ0n) is 9.40. The Bertz CT molecular complexity index is 534. The third kappa shape index (κ3) is 3.07. The zero-order valence-corrected chi connectivity index (χ0v) is 9.40. The van der Waals surface area contributed by atoms with E-state index in [9.17, 15) is 9.90 Å². The minimum Gasteiger partial charge on any atom is -0.508 e. The van der Waals surface area contributed by atoms with E-state index in [1.54, 1.807) is 30.3 Å². The second-order valence-electron chi connectivity index (χ2n) is 3.83. The van der Waals surface area contributed by atoms with Crippen LogP contribution in [0.2, 0.25) is 0 Å². The molecule has 0 saturated heterocycles. The van der Waals surface area contributed by atoms with Crippen LogP contribution in [-0.2, 0) is 11.2 Å². The summed E-state index contributed by atoms with van der Waals surface area (Å²) in [4.78, 5) is 11.7. The van der Waals surface area contributed by atoms with Gasteiger partial charge in [-0.15, -0.1) is 0 Å². The maximum atomic E-state index is 11.7. The lowest BCUT2D eigenvalue weighted by atomic mass is 10.1. The molecule has 0 aliphatic heterocycles. The summed E-state index contributed by atoms with van der Waals surface area (Å²) < 4.78 is 0. The molecular weight excluding hydrogens is 218 g/mol. The molecule has 0 aliphatic rings. The Labute approximate surface area is 98.5 Å². The number of anilines is 1. The van der Waals surface area contributed by atoms with Gasteiger partial charge in [-0.05, 0) is 24.6 Å². The molecule has 2 rings (SSSR count). The molecular formula is C12H13N3O2. The second kappa shape index (κ2) is 4.69. The fourth-order valence-corrected chi connectivity index (χ4v) is 1.52. The van der Waals surface area contributed by atoms with Crippen molar-refractivity contribution in [3.63, 3.8) is 0 Å². The Balaban J connectivity index is 1.98. The Kier molecular flexibility index (Phi) is 3.09. The van der Waals surface area contributed by atoms with Gasteiger partial charge in [0, 0.05) is 11.8 Å². The summed E-state index contributed by atoms with van der Waals surface area (Å²) >= 11 is 0. The number of aromatic nitrogens is 2. The molecule has 0 atom stereocenters. The van der Waals surface area contributed by atoms with Crippen LogP contribution in [0.3, 0.4) is 0 Å². The molecule has 5 nitrogen and oxygen atoms in total. The minimum atomic E-state index is -0.165. The van der Waals surface area contributed by atoms with Crippen LogP contribution in [0.1, 0.15) is 11.3 Å². The smallest absolute Gasteiger partial charge is 0.229 e. The Morgan fingerprint density at radius 2 is 2.29 bits per heavy atom. The van der Waals surface area contributed by atoms with Gasteiger partial charge in [-0.3, -0.25) is 9.89 Å². The molecule has 0 spiro atoms. The summed E-state index contributed by atoms with van der Waals surface area (Å²) in [6.07, 6.45) is 0.209. The summed E-state index contributed by atoms with van der Waals surface area (Å²) in [6, 6.07) is 8.37. The van der Waals surface area contributed by atoms with E-state index in [-0.39, 0.29) is 18.1 Å². The average molecular weight is 231 g/mol. The molecule has 1 aromatic carbocycles. The van der Waals surface area contributed by atoms with Gasteiger partial charge in [-0.1, -0.05) is 12.1 Å². The van der Waals surface area contributed by atoms with Crippen molar-refractivity contribution >= 4 is 11.7 Å². The number of phenols is 1. The van der Waals surface area contributed by atoms with Crippen LogP contribution < -0.4 is 5.32 Å². The normalized spacial score (nSPS) is 10.2. The maximum Gasteiger partial charge on any atom is 0.229 e. The number of aromatic amines is 1. The number of phenolic OH excluding ortho intramolecular Hbond substituents is 1. The molecule has 88 valence electrons. The van der Waals surface area contributed by atoms with Gasteiger partial charge in [0.25, 0.3) is 0 Å². The highest BCUT2D eigenvalue weighted by atomic mass is 16.3. The lowest BCUT2D eigenvalue weighted by Gasteiger charge is -2.02. The number of nitrogens with one attached hydrogen (secondary N) is 2. The van der Waals surface area contributed by atoms with Crippen molar-refractivity contribution in [3.8, 4) is 5.75 Å². The number of amides is 1. The van der Waals surface area contributed by atoms with E-state index < -0.39 is 0 Å². The Morgan fingerprint density at radius 3 is 2.94 bits per heavy atom. The van der Waals surface area contributed by atoms with Gasteiger partial charge in [-0.25, -0.2) is 0 Å². The number of carbonyl (C=O) groups excluding carboxylic acids is 1. The number of carbonyl (C=O) groups is 1. The van der Waals surface area contributed by atoms with Crippen LogP contribution in [0.15, 0.2) is 30.3 Å². The van der Waals surface area contributed by atoms with Gasteiger partial charge in [0.05, 0.1) is 6.42 Å². The number of aromatic hydroxyl groups is 1. The van der Waals surface area contributed by atoms with Crippen molar-refractivity contribution in [1.82, 2.24) is 10.2 Å². The van der Waals surface area contributed by atoms with Gasteiger partial charge >= 0.3 is 0 Å². The van der Waals surface area contributed by atoms with E-state index >= 15 is 0 Å². The second-order valence-corrected chi connectivity index (χ2v) is 3.83. The minimum absolute atomic E-state index is 0.158. The molecule has 0 radical (unpaired) electrons. The van der Waals surface area contributed by atoms with E-state index in [2.05, 4.69) is 15.5 Å². The van der Waals surface area contributed by atoms with Crippen molar-refractivity contribution in [2.24, 2.45) is 0 Å². The molecule has 0 aliphatic carbocycles. The van der Waals surface area contributed by atoms with Crippen LogP contribution in [0, 0.1) is 6.92 Å². The summed E-state index contributed by atoms with van der Waals surface area (Å²) in [6.45, 7) is 1.86. The van der Waals surface area contributed by atoms with Gasteiger partial charge in [0.15, 0.2) is 5.82 Å². The number of hydrogen-bond acceptors (Lipinski definition) is 3.